The first-order chi connectivity index (χ1) is 16.4. The Hall–Kier alpha value is -2.90. The van der Waals surface area contributed by atoms with Crippen LogP contribution in [-0.2, 0) is 4.79 Å². The molecule has 1 aliphatic carbocycles. The van der Waals surface area contributed by atoms with Crippen LogP contribution in [0.4, 0.5) is 4.39 Å². The molecule has 178 valence electrons. The molecule has 2 fully saturated rings. The van der Waals surface area contributed by atoms with Crippen molar-refractivity contribution in [1.82, 2.24) is 14.5 Å². The van der Waals surface area contributed by atoms with E-state index < -0.39 is 17.3 Å². The topological polar surface area (TPSA) is 67.6 Å². The van der Waals surface area contributed by atoms with Gasteiger partial charge in [-0.2, -0.15) is 0 Å². The first-order valence-corrected chi connectivity index (χ1v) is 11.8. The van der Waals surface area contributed by atoms with Crippen LogP contribution in [0.15, 0.2) is 48.9 Å². The maximum Gasteiger partial charge on any atom is 0.230 e. The fourth-order valence-corrected chi connectivity index (χ4v) is 5.67. The molecule has 1 N–H and O–H groups in total. The highest BCUT2D eigenvalue weighted by Gasteiger charge is 2.63. The third kappa shape index (κ3) is 3.87. The lowest BCUT2D eigenvalue weighted by atomic mass is 9.87. The number of aliphatic hydroxyl groups excluding tert-OH is 1. The number of nitrogens with zero attached hydrogens (tertiary/aromatic N) is 3. The lowest BCUT2D eigenvalue weighted by Crippen LogP contribution is -2.46. The quantitative estimate of drug-likeness (QED) is 0.546. The maximum atomic E-state index is 14.0. The molecular formula is C26H27ClFN3O3. The number of benzene rings is 2. The van der Waals surface area contributed by atoms with Gasteiger partial charge in [0, 0.05) is 17.8 Å². The van der Waals surface area contributed by atoms with Crippen LogP contribution in [0.2, 0.25) is 5.02 Å². The fourth-order valence-electron chi connectivity index (χ4n) is 5.44. The summed E-state index contributed by atoms with van der Waals surface area (Å²) >= 11 is 6.04. The van der Waals surface area contributed by atoms with E-state index in [9.17, 15) is 14.3 Å². The van der Waals surface area contributed by atoms with Crippen LogP contribution in [0.3, 0.4) is 0 Å². The molecule has 34 heavy (non-hydrogen) atoms. The van der Waals surface area contributed by atoms with Gasteiger partial charge in [-0.15, -0.1) is 0 Å². The van der Waals surface area contributed by atoms with Crippen molar-refractivity contribution in [2.24, 2.45) is 5.41 Å². The first-order valence-electron chi connectivity index (χ1n) is 11.4. The van der Waals surface area contributed by atoms with Gasteiger partial charge in [-0.1, -0.05) is 17.7 Å². The standard InChI is InChI=1S/C26H27ClFN3O3/c1-16-13-30(15-29-16)22-5-4-17(10-24(22)34-2)21-12-26(21)6-3-7-31(25(26)33)23(14-32)18-8-19(27)11-20(28)9-18/h4-5,8-11,13,15,21,23,32H,3,6-7,12,14H2,1-2H3. The average molecular weight is 484 g/mol. The summed E-state index contributed by atoms with van der Waals surface area (Å²) in [6.45, 7) is 2.16. The number of methoxy groups -OCH3 is 1. The second-order valence-corrected chi connectivity index (χ2v) is 9.71. The molecular weight excluding hydrogens is 457 g/mol. The third-order valence-corrected chi connectivity index (χ3v) is 7.42. The zero-order chi connectivity index (χ0) is 24.0. The maximum absolute atomic E-state index is 14.0. The Morgan fingerprint density at radius 2 is 2.15 bits per heavy atom. The summed E-state index contributed by atoms with van der Waals surface area (Å²) in [6, 6.07) is 9.61. The molecule has 3 aromatic rings. The summed E-state index contributed by atoms with van der Waals surface area (Å²) in [4.78, 5) is 19.7. The van der Waals surface area contributed by atoms with Crippen LogP contribution in [0.1, 0.15) is 48.0 Å². The fraction of sp³-hybridized carbons (Fsp3) is 0.385. The van der Waals surface area contributed by atoms with E-state index in [1.165, 1.54) is 12.1 Å². The van der Waals surface area contributed by atoms with Crippen molar-refractivity contribution in [3.05, 3.63) is 76.6 Å². The number of ether oxygens (including phenoxy) is 1. The van der Waals surface area contributed by atoms with Crippen molar-refractivity contribution in [2.75, 3.05) is 20.3 Å². The largest absolute Gasteiger partial charge is 0.495 e. The van der Waals surface area contributed by atoms with Gasteiger partial charge in [0.05, 0.1) is 42.9 Å². The number of piperidine rings is 1. The number of amides is 1. The minimum atomic E-state index is -0.625. The molecule has 1 saturated heterocycles. The number of carbonyl (C=O) groups is 1. The Morgan fingerprint density at radius 1 is 1.32 bits per heavy atom. The molecule has 2 heterocycles. The lowest BCUT2D eigenvalue weighted by Gasteiger charge is -2.38. The van der Waals surface area contributed by atoms with Gasteiger partial charge in [0.15, 0.2) is 0 Å². The van der Waals surface area contributed by atoms with Crippen molar-refractivity contribution < 1.29 is 19.0 Å². The van der Waals surface area contributed by atoms with E-state index in [1.807, 2.05) is 29.8 Å². The van der Waals surface area contributed by atoms with Crippen LogP contribution >= 0.6 is 11.6 Å². The van der Waals surface area contributed by atoms with Crippen molar-refractivity contribution in [3.63, 3.8) is 0 Å². The van der Waals surface area contributed by atoms with Gasteiger partial charge in [0.1, 0.15) is 11.6 Å². The summed E-state index contributed by atoms with van der Waals surface area (Å²) in [6.07, 6.45) is 6.05. The van der Waals surface area contributed by atoms with E-state index in [0.29, 0.717) is 12.1 Å². The zero-order valence-corrected chi connectivity index (χ0v) is 19.9. The molecule has 1 aliphatic heterocycles. The molecule has 5 rings (SSSR count). The number of imidazole rings is 1. The number of likely N-dealkylation sites (tertiary alicyclic amines) is 1. The van der Waals surface area contributed by atoms with Gasteiger partial charge < -0.3 is 19.3 Å². The second-order valence-electron chi connectivity index (χ2n) is 9.27. The number of halogens is 2. The predicted octanol–water partition coefficient (Wildman–Crippen LogP) is 4.81. The van der Waals surface area contributed by atoms with Gasteiger partial charge in [0.25, 0.3) is 0 Å². The van der Waals surface area contributed by atoms with E-state index in [4.69, 9.17) is 16.3 Å². The monoisotopic (exact) mass is 483 g/mol. The minimum absolute atomic E-state index is 0.0106. The van der Waals surface area contributed by atoms with Gasteiger partial charge >= 0.3 is 0 Å². The first kappa shape index (κ1) is 22.9. The van der Waals surface area contributed by atoms with Gasteiger partial charge in [0.2, 0.25) is 5.91 Å². The number of aromatic nitrogens is 2. The molecule has 1 saturated carbocycles. The van der Waals surface area contributed by atoms with Gasteiger partial charge in [-0.05, 0) is 73.6 Å². The smallest absolute Gasteiger partial charge is 0.230 e. The van der Waals surface area contributed by atoms with E-state index in [1.54, 1.807) is 24.4 Å². The van der Waals surface area contributed by atoms with E-state index in [0.717, 1.165) is 42.0 Å². The highest BCUT2D eigenvalue weighted by molar-refractivity contribution is 6.30. The number of carbonyl (C=O) groups excluding carboxylic acids is 1. The molecule has 3 atom stereocenters. The summed E-state index contributed by atoms with van der Waals surface area (Å²) < 4.78 is 21.6. The van der Waals surface area contributed by atoms with Crippen molar-refractivity contribution in [3.8, 4) is 11.4 Å². The van der Waals surface area contributed by atoms with Crippen LogP contribution in [0, 0.1) is 18.2 Å². The minimum Gasteiger partial charge on any atom is -0.495 e. The Balaban J connectivity index is 1.42. The number of hydrogen-bond donors (Lipinski definition) is 1. The zero-order valence-electron chi connectivity index (χ0n) is 19.2. The summed E-state index contributed by atoms with van der Waals surface area (Å²) in [5, 5.41) is 10.4. The summed E-state index contributed by atoms with van der Waals surface area (Å²) in [7, 11) is 1.64. The Labute approximate surface area is 202 Å². The molecule has 6 nitrogen and oxygen atoms in total. The molecule has 8 heteroatoms. The molecule has 1 amide bonds. The predicted molar refractivity (Wildman–Crippen MR) is 127 cm³/mol. The molecule has 0 radical (unpaired) electrons. The lowest BCUT2D eigenvalue weighted by molar-refractivity contribution is -0.144. The molecule has 1 spiro atoms. The Bertz CT molecular complexity index is 1230. The Morgan fingerprint density at radius 3 is 2.82 bits per heavy atom. The van der Waals surface area contributed by atoms with Gasteiger partial charge in [-0.3, -0.25) is 4.79 Å². The van der Waals surface area contributed by atoms with Gasteiger partial charge in [-0.25, -0.2) is 9.37 Å². The SMILES string of the molecule is COc1cc(C2CC23CCCN(C(CO)c2cc(F)cc(Cl)c2)C3=O)ccc1-n1cnc(C)c1. The van der Waals surface area contributed by atoms with Crippen LogP contribution in [-0.4, -0.2) is 45.7 Å². The van der Waals surface area contributed by atoms with Crippen molar-refractivity contribution in [2.45, 2.75) is 38.1 Å². The summed E-state index contributed by atoms with van der Waals surface area (Å²) in [5.74, 6) is 0.326. The number of aryl methyl sites for hydroxylation is 1. The number of aliphatic hydroxyl groups is 1. The second kappa shape index (κ2) is 8.71. The van der Waals surface area contributed by atoms with Crippen LogP contribution < -0.4 is 4.74 Å². The average Bonchev–Trinajstić information content (AvgIpc) is 3.37. The highest BCUT2D eigenvalue weighted by Crippen LogP contribution is 2.65. The third-order valence-electron chi connectivity index (χ3n) is 7.20. The van der Waals surface area contributed by atoms with E-state index in [-0.39, 0.29) is 23.5 Å². The summed E-state index contributed by atoms with van der Waals surface area (Å²) in [5.41, 5.74) is 2.87. The number of rotatable bonds is 6. The molecule has 3 unspecified atom stereocenters. The highest BCUT2D eigenvalue weighted by atomic mass is 35.5. The number of hydrogen-bond acceptors (Lipinski definition) is 4. The Kier molecular flexibility index (Phi) is 5.86. The van der Waals surface area contributed by atoms with Crippen LogP contribution in [0.5, 0.6) is 5.75 Å². The van der Waals surface area contributed by atoms with E-state index in [2.05, 4.69) is 11.1 Å². The molecule has 2 aliphatic rings. The molecule has 0 bridgehead atoms. The normalized spacial score (nSPS) is 22.8. The molecule has 1 aromatic heterocycles. The van der Waals surface area contributed by atoms with Crippen molar-refractivity contribution >= 4 is 17.5 Å². The molecule has 2 aromatic carbocycles. The van der Waals surface area contributed by atoms with E-state index >= 15 is 0 Å². The van der Waals surface area contributed by atoms with Crippen LogP contribution in [0.25, 0.3) is 5.69 Å². The van der Waals surface area contributed by atoms with Crippen molar-refractivity contribution in [1.29, 1.82) is 0 Å².